The van der Waals surface area contributed by atoms with E-state index in [0.717, 1.165) is 11.2 Å². The molecule has 0 fully saturated rings. The summed E-state index contributed by atoms with van der Waals surface area (Å²) < 4.78 is 8.21. The fourth-order valence-electron chi connectivity index (χ4n) is 3.84. The highest BCUT2D eigenvalue weighted by atomic mass is 16.3. The second-order valence-electron chi connectivity index (χ2n) is 7.04. The maximum atomic E-state index is 6.05. The van der Waals surface area contributed by atoms with Crippen LogP contribution in [0.1, 0.15) is 5.56 Å². The standard InChI is InChI=1S/C25H20NO/c1-17-15-18(10-12-20(17)23-8-5-6-14-26(23)2)19-11-13-22-21-7-3-4-9-24(21)27-25(22)16-19/h3-16H,1-2H3/q+1. The zero-order chi connectivity index (χ0) is 18.4. The van der Waals surface area contributed by atoms with Crippen LogP contribution in [0.2, 0.25) is 0 Å². The molecule has 2 nitrogen and oxygen atoms in total. The first kappa shape index (κ1) is 15.8. The molecule has 0 saturated carbocycles. The van der Waals surface area contributed by atoms with Crippen LogP contribution in [0.15, 0.2) is 89.5 Å². The van der Waals surface area contributed by atoms with Crippen molar-refractivity contribution in [3.05, 3.63) is 90.6 Å². The lowest BCUT2D eigenvalue weighted by molar-refractivity contribution is -0.660. The molecule has 2 heteroatoms. The minimum atomic E-state index is 0.935. The molecule has 0 aliphatic heterocycles. The lowest BCUT2D eigenvalue weighted by Gasteiger charge is -2.08. The van der Waals surface area contributed by atoms with Gasteiger partial charge in [-0.2, -0.15) is 0 Å². The first-order valence-corrected chi connectivity index (χ1v) is 9.18. The van der Waals surface area contributed by atoms with Crippen molar-refractivity contribution in [2.45, 2.75) is 6.92 Å². The van der Waals surface area contributed by atoms with Crippen molar-refractivity contribution in [1.82, 2.24) is 0 Å². The average molecular weight is 350 g/mol. The normalized spacial score (nSPS) is 11.3. The summed E-state index contributed by atoms with van der Waals surface area (Å²) in [4.78, 5) is 0. The van der Waals surface area contributed by atoms with Gasteiger partial charge in [0.15, 0.2) is 6.20 Å². The Balaban J connectivity index is 1.61. The lowest BCUT2D eigenvalue weighted by atomic mass is 9.97. The Hall–Kier alpha value is -3.39. The molecule has 2 heterocycles. The largest absolute Gasteiger partial charge is 0.456 e. The summed E-state index contributed by atoms with van der Waals surface area (Å²) in [6, 6.07) is 27.6. The Bertz CT molecular complexity index is 1300. The molecule has 27 heavy (non-hydrogen) atoms. The van der Waals surface area contributed by atoms with Gasteiger partial charge < -0.3 is 4.42 Å². The van der Waals surface area contributed by atoms with Gasteiger partial charge in [0.05, 0.1) is 0 Å². The number of para-hydroxylation sites is 1. The Morgan fingerprint density at radius 1 is 0.704 bits per heavy atom. The average Bonchev–Trinajstić information content (AvgIpc) is 3.06. The third-order valence-electron chi connectivity index (χ3n) is 5.27. The molecule has 0 saturated heterocycles. The van der Waals surface area contributed by atoms with E-state index >= 15 is 0 Å². The topological polar surface area (TPSA) is 17.0 Å². The van der Waals surface area contributed by atoms with Crippen LogP contribution in [-0.4, -0.2) is 0 Å². The molecular weight excluding hydrogens is 330 g/mol. The van der Waals surface area contributed by atoms with Gasteiger partial charge in [0.2, 0.25) is 5.69 Å². The highest BCUT2D eigenvalue weighted by molar-refractivity contribution is 6.05. The highest BCUT2D eigenvalue weighted by Gasteiger charge is 2.13. The van der Waals surface area contributed by atoms with E-state index in [1.807, 2.05) is 12.1 Å². The van der Waals surface area contributed by atoms with E-state index < -0.39 is 0 Å². The molecule has 0 spiro atoms. The number of nitrogens with zero attached hydrogens (tertiary/aromatic N) is 1. The number of hydrogen-bond donors (Lipinski definition) is 0. The van der Waals surface area contributed by atoms with E-state index in [1.54, 1.807) is 0 Å². The van der Waals surface area contributed by atoms with Crippen LogP contribution in [-0.2, 0) is 7.05 Å². The first-order chi connectivity index (χ1) is 13.2. The highest BCUT2D eigenvalue weighted by Crippen LogP contribution is 2.33. The van der Waals surface area contributed by atoms with Crippen molar-refractivity contribution in [3.63, 3.8) is 0 Å². The van der Waals surface area contributed by atoms with Gasteiger partial charge >= 0.3 is 0 Å². The summed E-state index contributed by atoms with van der Waals surface area (Å²) in [5.41, 5.74) is 7.99. The fraction of sp³-hybridized carbons (Fsp3) is 0.0800. The van der Waals surface area contributed by atoms with Crippen LogP contribution in [0.25, 0.3) is 44.3 Å². The number of rotatable bonds is 2. The zero-order valence-electron chi connectivity index (χ0n) is 15.4. The van der Waals surface area contributed by atoms with Gasteiger partial charge in [-0.25, -0.2) is 4.57 Å². The second kappa shape index (κ2) is 6.10. The Labute approximate surface area is 158 Å². The molecule has 5 rings (SSSR count). The molecule has 3 aromatic carbocycles. The molecular formula is C25H20NO+. The van der Waals surface area contributed by atoms with Crippen molar-refractivity contribution in [2.75, 3.05) is 0 Å². The second-order valence-corrected chi connectivity index (χ2v) is 7.04. The first-order valence-electron chi connectivity index (χ1n) is 9.18. The van der Waals surface area contributed by atoms with Crippen LogP contribution in [0.5, 0.6) is 0 Å². The van der Waals surface area contributed by atoms with E-state index in [1.165, 1.54) is 38.7 Å². The third-order valence-corrected chi connectivity index (χ3v) is 5.27. The number of aryl methyl sites for hydroxylation is 2. The number of benzene rings is 3. The number of fused-ring (bicyclic) bond motifs is 3. The summed E-state index contributed by atoms with van der Waals surface area (Å²) >= 11 is 0. The molecule has 130 valence electrons. The monoisotopic (exact) mass is 350 g/mol. The van der Waals surface area contributed by atoms with Crippen LogP contribution >= 0.6 is 0 Å². The summed E-state index contributed by atoms with van der Waals surface area (Å²) in [7, 11) is 2.08. The molecule has 0 aliphatic carbocycles. The van der Waals surface area contributed by atoms with E-state index in [-0.39, 0.29) is 0 Å². The Morgan fingerprint density at radius 3 is 2.30 bits per heavy atom. The molecule has 0 N–H and O–H groups in total. The molecule has 2 aromatic heterocycles. The molecule has 0 bridgehead atoms. The summed E-state index contributed by atoms with van der Waals surface area (Å²) in [5, 5.41) is 2.33. The lowest BCUT2D eigenvalue weighted by Crippen LogP contribution is -2.30. The summed E-state index contributed by atoms with van der Waals surface area (Å²) in [5.74, 6) is 0. The van der Waals surface area contributed by atoms with Crippen molar-refractivity contribution in [2.24, 2.45) is 7.05 Å². The Morgan fingerprint density at radius 2 is 1.44 bits per heavy atom. The van der Waals surface area contributed by atoms with Crippen molar-refractivity contribution >= 4 is 21.9 Å². The predicted octanol–water partition coefficient (Wildman–Crippen LogP) is 6.05. The van der Waals surface area contributed by atoms with Gasteiger partial charge in [0.1, 0.15) is 18.2 Å². The summed E-state index contributed by atoms with van der Waals surface area (Å²) in [6.45, 7) is 2.17. The maximum Gasteiger partial charge on any atom is 0.212 e. The van der Waals surface area contributed by atoms with Gasteiger partial charge in [-0.1, -0.05) is 36.4 Å². The summed E-state index contributed by atoms with van der Waals surface area (Å²) in [6.07, 6.45) is 2.08. The van der Waals surface area contributed by atoms with Crippen molar-refractivity contribution < 1.29 is 8.98 Å². The van der Waals surface area contributed by atoms with E-state index in [0.29, 0.717) is 0 Å². The molecule has 0 radical (unpaired) electrons. The third kappa shape index (κ3) is 2.61. The van der Waals surface area contributed by atoms with E-state index in [9.17, 15) is 0 Å². The molecule has 5 aromatic rings. The Kier molecular flexibility index (Phi) is 3.58. The van der Waals surface area contributed by atoms with Crippen LogP contribution in [0.3, 0.4) is 0 Å². The molecule has 0 amide bonds. The smallest absolute Gasteiger partial charge is 0.212 e. The SMILES string of the molecule is Cc1cc(-c2ccc3c(c2)oc2ccccc23)ccc1-c1cccc[n+]1C. The number of pyridine rings is 1. The van der Waals surface area contributed by atoms with Gasteiger partial charge in [0.25, 0.3) is 0 Å². The van der Waals surface area contributed by atoms with Crippen LogP contribution in [0, 0.1) is 6.92 Å². The number of hydrogen-bond acceptors (Lipinski definition) is 1. The molecule has 0 aliphatic rings. The van der Waals surface area contributed by atoms with Gasteiger partial charge in [-0.3, -0.25) is 0 Å². The maximum absolute atomic E-state index is 6.05. The van der Waals surface area contributed by atoms with Gasteiger partial charge in [0, 0.05) is 28.5 Å². The number of furan rings is 1. The minimum absolute atomic E-state index is 0.935. The zero-order valence-corrected chi connectivity index (χ0v) is 15.4. The van der Waals surface area contributed by atoms with E-state index in [4.69, 9.17) is 4.42 Å². The van der Waals surface area contributed by atoms with E-state index in [2.05, 4.69) is 91.5 Å². The van der Waals surface area contributed by atoms with Gasteiger partial charge in [-0.15, -0.1) is 0 Å². The molecule has 0 atom stereocenters. The van der Waals surface area contributed by atoms with Crippen LogP contribution in [0.4, 0.5) is 0 Å². The van der Waals surface area contributed by atoms with Crippen molar-refractivity contribution in [3.8, 4) is 22.4 Å². The predicted molar refractivity (Wildman–Crippen MR) is 111 cm³/mol. The quantitative estimate of drug-likeness (QED) is 0.354. The minimum Gasteiger partial charge on any atom is -0.456 e. The van der Waals surface area contributed by atoms with Crippen molar-refractivity contribution in [1.29, 1.82) is 0 Å². The number of aromatic nitrogens is 1. The molecule has 0 unspecified atom stereocenters. The van der Waals surface area contributed by atoms with Crippen LogP contribution < -0.4 is 4.57 Å². The fourth-order valence-corrected chi connectivity index (χ4v) is 3.84. The van der Waals surface area contributed by atoms with Gasteiger partial charge in [-0.05, 0) is 53.9 Å².